The summed E-state index contributed by atoms with van der Waals surface area (Å²) < 4.78 is 0. The molecule has 0 aromatic carbocycles. The van der Waals surface area contributed by atoms with Crippen molar-refractivity contribution in [3.05, 3.63) is 47.7 Å². The maximum absolute atomic E-state index is 4.69. The quantitative estimate of drug-likeness (QED) is 0.610. The van der Waals surface area contributed by atoms with Gasteiger partial charge >= 0.3 is 0 Å². The van der Waals surface area contributed by atoms with Crippen LogP contribution >= 0.6 is 0 Å². The maximum atomic E-state index is 4.69. The summed E-state index contributed by atoms with van der Waals surface area (Å²) >= 11 is 0. The molecule has 1 atom stereocenters. The molecule has 0 saturated heterocycles. The molecule has 0 saturated carbocycles. The summed E-state index contributed by atoms with van der Waals surface area (Å²) in [5.74, 6) is 6.47. The van der Waals surface area contributed by atoms with E-state index in [-0.39, 0.29) is 11.3 Å². The van der Waals surface area contributed by atoms with Crippen molar-refractivity contribution in [1.29, 1.82) is 0 Å². The molecular formula is C17H19N. The van der Waals surface area contributed by atoms with Crippen LogP contribution in [0.25, 0.3) is 0 Å². The fourth-order valence-electron chi connectivity index (χ4n) is 1.99. The predicted molar refractivity (Wildman–Crippen MR) is 78.3 cm³/mol. The Morgan fingerprint density at radius 2 is 2.06 bits per heavy atom. The lowest BCUT2D eigenvalue weighted by atomic mass is 9.90. The summed E-state index contributed by atoms with van der Waals surface area (Å²) in [5, 5.41) is 0. The van der Waals surface area contributed by atoms with E-state index < -0.39 is 0 Å². The zero-order valence-corrected chi connectivity index (χ0v) is 11.5. The smallest absolute Gasteiger partial charge is 0.0671 e. The SMILES string of the molecule is CC1=NC(C2=CC(C)C#CC=C2)=CC(C)(C)C=C1. The number of allylic oxidation sites excluding steroid dienone is 6. The van der Waals surface area contributed by atoms with Gasteiger partial charge in [0.15, 0.2) is 0 Å². The minimum absolute atomic E-state index is 0.0294. The molecule has 0 radical (unpaired) electrons. The van der Waals surface area contributed by atoms with E-state index in [9.17, 15) is 0 Å². The summed E-state index contributed by atoms with van der Waals surface area (Å²) in [6.45, 7) is 8.53. The van der Waals surface area contributed by atoms with Crippen molar-refractivity contribution in [2.45, 2.75) is 27.7 Å². The summed E-state index contributed by atoms with van der Waals surface area (Å²) in [6.07, 6.45) is 12.6. The molecule has 0 spiro atoms. The molecule has 2 aliphatic rings. The Labute approximate surface area is 110 Å². The Hall–Kier alpha value is -1.81. The molecule has 92 valence electrons. The van der Waals surface area contributed by atoms with E-state index in [2.05, 4.69) is 68.0 Å². The van der Waals surface area contributed by atoms with Gasteiger partial charge < -0.3 is 0 Å². The first-order valence-corrected chi connectivity index (χ1v) is 6.33. The molecule has 1 nitrogen and oxygen atoms in total. The van der Waals surface area contributed by atoms with Crippen LogP contribution in [0.4, 0.5) is 0 Å². The molecule has 2 rings (SSSR count). The normalized spacial score (nSPS) is 25.1. The number of hydrogen-bond donors (Lipinski definition) is 0. The van der Waals surface area contributed by atoms with E-state index in [1.165, 1.54) is 0 Å². The second-order valence-electron chi connectivity index (χ2n) is 5.47. The molecule has 0 amide bonds. The number of nitrogens with zero attached hydrogens (tertiary/aromatic N) is 1. The van der Waals surface area contributed by atoms with Gasteiger partial charge in [-0.1, -0.05) is 37.8 Å². The van der Waals surface area contributed by atoms with Gasteiger partial charge in [-0.3, -0.25) is 4.99 Å². The third-order valence-electron chi connectivity index (χ3n) is 2.94. The lowest BCUT2D eigenvalue weighted by Crippen LogP contribution is -2.03. The fraction of sp³-hybridized carbons (Fsp3) is 0.353. The molecule has 0 bridgehead atoms. The van der Waals surface area contributed by atoms with Gasteiger partial charge in [0, 0.05) is 17.0 Å². The van der Waals surface area contributed by atoms with Crippen molar-refractivity contribution in [3.8, 4) is 11.8 Å². The van der Waals surface area contributed by atoms with E-state index in [1.54, 1.807) is 0 Å². The molecule has 1 heteroatoms. The standard InChI is InChI=1S/C17H19N/c1-13-7-5-6-8-15(11-13)16-12-17(3,4)10-9-14(2)18-16/h6,8-13H,1-4H3. The molecular weight excluding hydrogens is 218 g/mol. The minimum atomic E-state index is 0.0294. The van der Waals surface area contributed by atoms with Crippen LogP contribution in [0.3, 0.4) is 0 Å². The molecule has 1 aliphatic carbocycles. The lowest BCUT2D eigenvalue weighted by molar-refractivity contribution is 0.623. The third kappa shape index (κ3) is 3.11. The number of hydrogen-bond acceptors (Lipinski definition) is 1. The monoisotopic (exact) mass is 237 g/mol. The van der Waals surface area contributed by atoms with Crippen molar-refractivity contribution in [2.75, 3.05) is 0 Å². The van der Waals surface area contributed by atoms with E-state index in [0.717, 1.165) is 17.0 Å². The van der Waals surface area contributed by atoms with Crippen LogP contribution < -0.4 is 0 Å². The van der Waals surface area contributed by atoms with Gasteiger partial charge in [0.1, 0.15) is 0 Å². The Kier molecular flexibility index (Phi) is 3.39. The van der Waals surface area contributed by atoms with Crippen LogP contribution in [-0.2, 0) is 0 Å². The Balaban J connectivity index is 2.44. The van der Waals surface area contributed by atoms with Gasteiger partial charge in [-0.25, -0.2) is 0 Å². The molecule has 1 aliphatic heterocycles. The number of aliphatic imine (C=N–C) groups is 1. The van der Waals surface area contributed by atoms with Gasteiger partial charge in [-0.15, -0.1) is 0 Å². The lowest BCUT2D eigenvalue weighted by Gasteiger charge is -2.15. The largest absolute Gasteiger partial charge is 0.253 e. The highest BCUT2D eigenvalue weighted by Gasteiger charge is 2.16. The minimum Gasteiger partial charge on any atom is -0.253 e. The van der Waals surface area contributed by atoms with Gasteiger partial charge in [0.05, 0.1) is 5.70 Å². The zero-order valence-electron chi connectivity index (χ0n) is 11.5. The topological polar surface area (TPSA) is 12.4 Å². The first kappa shape index (κ1) is 12.6. The van der Waals surface area contributed by atoms with Crippen LogP contribution in [0.1, 0.15) is 27.7 Å². The molecule has 0 aromatic heterocycles. The van der Waals surface area contributed by atoms with E-state index in [4.69, 9.17) is 0 Å². The van der Waals surface area contributed by atoms with Gasteiger partial charge in [0.25, 0.3) is 0 Å². The predicted octanol–water partition coefficient (Wildman–Crippen LogP) is 4.06. The first-order chi connectivity index (χ1) is 8.46. The Morgan fingerprint density at radius 3 is 2.83 bits per heavy atom. The summed E-state index contributed by atoms with van der Waals surface area (Å²) in [6, 6.07) is 0. The van der Waals surface area contributed by atoms with Crippen LogP contribution in [0.5, 0.6) is 0 Å². The van der Waals surface area contributed by atoms with Crippen LogP contribution in [0.15, 0.2) is 52.7 Å². The summed E-state index contributed by atoms with van der Waals surface area (Å²) in [4.78, 5) is 4.69. The molecule has 0 aromatic rings. The van der Waals surface area contributed by atoms with Gasteiger partial charge in [-0.2, -0.15) is 0 Å². The van der Waals surface area contributed by atoms with Crippen molar-refractivity contribution < 1.29 is 0 Å². The number of rotatable bonds is 1. The average Bonchev–Trinajstić information content (AvgIpc) is 2.56. The second-order valence-corrected chi connectivity index (χ2v) is 5.47. The molecule has 0 fully saturated rings. The maximum Gasteiger partial charge on any atom is 0.0671 e. The van der Waals surface area contributed by atoms with E-state index in [1.807, 2.05) is 13.0 Å². The zero-order chi connectivity index (χ0) is 13.2. The molecule has 0 N–H and O–H groups in total. The summed E-state index contributed by atoms with van der Waals surface area (Å²) in [5.41, 5.74) is 3.26. The average molecular weight is 237 g/mol. The third-order valence-corrected chi connectivity index (χ3v) is 2.94. The van der Waals surface area contributed by atoms with E-state index in [0.29, 0.717) is 0 Å². The molecule has 1 heterocycles. The van der Waals surface area contributed by atoms with Crippen LogP contribution in [0, 0.1) is 23.2 Å². The Bertz CT molecular complexity index is 554. The van der Waals surface area contributed by atoms with Crippen LogP contribution in [-0.4, -0.2) is 5.71 Å². The first-order valence-electron chi connectivity index (χ1n) is 6.33. The van der Waals surface area contributed by atoms with E-state index >= 15 is 0 Å². The molecule has 18 heavy (non-hydrogen) atoms. The second kappa shape index (κ2) is 4.82. The Morgan fingerprint density at radius 1 is 1.28 bits per heavy atom. The summed E-state index contributed by atoms with van der Waals surface area (Å²) in [7, 11) is 0. The van der Waals surface area contributed by atoms with Crippen molar-refractivity contribution in [3.63, 3.8) is 0 Å². The fourth-order valence-corrected chi connectivity index (χ4v) is 1.99. The highest BCUT2D eigenvalue weighted by atomic mass is 14.8. The van der Waals surface area contributed by atoms with Gasteiger partial charge in [0.2, 0.25) is 0 Å². The van der Waals surface area contributed by atoms with Crippen molar-refractivity contribution >= 4 is 5.71 Å². The van der Waals surface area contributed by atoms with Gasteiger partial charge in [-0.05, 0) is 43.7 Å². The highest BCUT2D eigenvalue weighted by Crippen LogP contribution is 2.28. The van der Waals surface area contributed by atoms with Crippen molar-refractivity contribution in [2.24, 2.45) is 16.3 Å². The highest BCUT2D eigenvalue weighted by molar-refractivity contribution is 5.94. The van der Waals surface area contributed by atoms with Crippen LogP contribution in [0.2, 0.25) is 0 Å². The molecule has 1 unspecified atom stereocenters. The van der Waals surface area contributed by atoms with Crippen molar-refractivity contribution in [1.82, 2.24) is 0 Å².